The third-order valence-corrected chi connectivity index (χ3v) is 3.40. The monoisotopic (exact) mass is 271 g/mol. The Hall–Kier alpha value is -2.57. The number of aromatic nitrogens is 1. The lowest BCUT2D eigenvalue weighted by molar-refractivity contribution is -0.145. The van der Waals surface area contributed by atoms with Gasteiger partial charge in [0.2, 0.25) is 5.96 Å². The molecule has 2 amide bonds. The molecule has 0 N–H and O–H groups in total. The van der Waals surface area contributed by atoms with Gasteiger partial charge < -0.3 is 0 Å². The molecular formula is C13H13N5O2. The molecule has 0 spiro atoms. The zero-order valence-corrected chi connectivity index (χ0v) is 11.4. The molecule has 2 aliphatic heterocycles. The maximum Gasteiger partial charge on any atom is 0.265 e. The largest absolute Gasteiger partial charge is 0.296 e. The van der Waals surface area contributed by atoms with E-state index >= 15 is 0 Å². The Morgan fingerprint density at radius 3 is 2.45 bits per heavy atom. The number of pyridine rings is 1. The van der Waals surface area contributed by atoms with Crippen molar-refractivity contribution in [1.29, 1.82) is 0 Å². The van der Waals surface area contributed by atoms with Gasteiger partial charge in [-0.1, -0.05) is 0 Å². The van der Waals surface area contributed by atoms with E-state index in [9.17, 15) is 9.59 Å². The Labute approximate surface area is 115 Å². The molecule has 3 heterocycles. The van der Waals surface area contributed by atoms with Crippen LogP contribution in [-0.2, 0) is 9.59 Å². The van der Waals surface area contributed by atoms with Crippen LogP contribution in [0.5, 0.6) is 0 Å². The number of nitrogens with zero attached hydrogens (tertiary/aromatic N) is 5. The lowest BCUT2D eigenvalue weighted by atomic mass is 9.90. The van der Waals surface area contributed by atoms with Crippen molar-refractivity contribution < 1.29 is 9.59 Å². The van der Waals surface area contributed by atoms with Gasteiger partial charge in [-0.15, -0.1) is 5.10 Å². The number of carbonyl (C=O) groups excluding carboxylic acids is 2. The molecule has 2 aliphatic rings. The van der Waals surface area contributed by atoms with Crippen molar-refractivity contribution in [1.82, 2.24) is 14.9 Å². The lowest BCUT2D eigenvalue weighted by Gasteiger charge is -2.29. The molecule has 0 atom stereocenters. The smallest absolute Gasteiger partial charge is 0.265 e. The summed E-state index contributed by atoms with van der Waals surface area (Å²) in [7, 11) is 1.72. The summed E-state index contributed by atoms with van der Waals surface area (Å²) in [5.74, 6) is -0.0219. The van der Waals surface area contributed by atoms with E-state index in [0.717, 1.165) is 5.56 Å². The van der Waals surface area contributed by atoms with E-state index in [1.165, 1.54) is 5.01 Å². The molecular weight excluding hydrogens is 258 g/mol. The molecule has 0 bridgehead atoms. The zero-order chi connectivity index (χ0) is 14.5. The second-order valence-corrected chi connectivity index (χ2v) is 5.18. The quantitative estimate of drug-likeness (QED) is 0.694. The van der Waals surface area contributed by atoms with Crippen LogP contribution in [0.25, 0.3) is 0 Å². The van der Waals surface area contributed by atoms with Gasteiger partial charge in [0.05, 0.1) is 0 Å². The number of fused-ring (bicyclic) bond motifs is 1. The van der Waals surface area contributed by atoms with E-state index in [0.29, 0.717) is 5.84 Å². The minimum Gasteiger partial charge on any atom is -0.296 e. The SMILES string of the molecule is CN1C(c2ccncc2)=NN2C(=O)C(C)(C)C(=O)N=C12. The molecule has 102 valence electrons. The maximum atomic E-state index is 12.3. The Bertz CT molecular complexity index is 663. The van der Waals surface area contributed by atoms with Crippen molar-refractivity contribution in [3.8, 4) is 0 Å². The van der Waals surface area contributed by atoms with Crippen LogP contribution < -0.4 is 0 Å². The molecule has 0 aliphatic carbocycles. The van der Waals surface area contributed by atoms with Gasteiger partial charge in [-0.05, 0) is 26.0 Å². The fourth-order valence-corrected chi connectivity index (χ4v) is 2.04. The van der Waals surface area contributed by atoms with Crippen LogP contribution in [0.1, 0.15) is 19.4 Å². The molecule has 0 saturated carbocycles. The number of aliphatic imine (C=N–C) groups is 1. The Morgan fingerprint density at radius 2 is 1.80 bits per heavy atom. The predicted molar refractivity (Wildman–Crippen MR) is 71.6 cm³/mol. The van der Waals surface area contributed by atoms with Crippen LogP contribution in [0, 0.1) is 5.41 Å². The van der Waals surface area contributed by atoms with E-state index in [4.69, 9.17) is 0 Å². The molecule has 3 rings (SSSR count). The molecule has 0 unspecified atom stereocenters. The fourth-order valence-electron chi connectivity index (χ4n) is 2.04. The number of rotatable bonds is 1. The standard InChI is InChI=1S/C13H13N5O2/c1-13(2)10(19)15-12-17(3)9(16-18(12)11(13)20)8-4-6-14-7-5-8/h4-7H,1-3H3. The summed E-state index contributed by atoms with van der Waals surface area (Å²) in [6.45, 7) is 3.11. The number of hydrazone groups is 1. The summed E-state index contributed by atoms with van der Waals surface area (Å²) in [6.07, 6.45) is 3.28. The van der Waals surface area contributed by atoms with E-state index < -0.39 is 11.3 Å². The first kappa shape index (κ1) is 12.5. The van der Waals surface area contributed by atoms with Crippen LogP contribution in [0.4, 0.5) is 0 Å². The van der Waals surface area contributed by atoms with E-state index in [2.05, 4.69) is 15.1 Å². The minimum absolute atomic E-state index is 0.242. The highest BCUT2D eigenvalue weighted by Gasteiger charge is 2.49. The number of amidine groups is 1. The molecule has 0 fully saturated rings. The Kier molecular flexibility index (Phi) is 2.47. The molecule has 0 saturated heterocycles. The van der Waals surface area contributed by atoms with Gasteiger partial charge in [-0.25, -0.2) is 0 Å². The first-order valence-corrected chi connectivity index (χ1v) is 6.13. The van der Waals surface area contributed by atoms with Gasteiger partial charge in [0.15, 0.2) is 5.84 Å². The van der Waals surface area contributed by atoms with Crippen LogP contribution in [-0.4, -0.2) is 45.6 Å². The van der Waals surface area contributed by atoms with Gasteiger partial charge in [-0.3, -0.25) is 19.5 Å². The second kappa shape index (κ2) is 3.96. The zero-order valence-electron chi connectivity index (χ0n) is 11.4. The van der Waals surface area contributed by atoms with Crippen LogP contribution in [0.15, 0.2) is 34.6 Å². The van der Waals surface area contributed by atoms with Gasteiger partial charge in [-0.2, -0.15) is 10.0 Å². The summed E-state index contributed by atoms with van der Waals surface area (Å²) in [5, 5.41) is 5.48. The third-order valence-electron chi connectivity index (χ3n) is 3.40. The number of hydrogen-bond acceptors (Lipinski definition) is 5. The highest BCUT2D eigenvalue weighted by atomic mass is 16.2. The van der Waals surface area contributed by atoms with Crippen molar-refractivity contribution in [3.63, 3.8) is 0 Å². The Morgan fingerprint density at radius 1 is 1.15 bits per heavy atom. The highest BCUT2D eigenvalue weighted by molar-refractivity contribution is 6.24. The minimum atomic E-state index is -1.18. The molecule has 7 nitrogen and oxygen atoms in total. The summed E-state index contributed by atoms with van der Waals surface area (Å²) in [5.41, 5.74) is -0.376. The number of hydrogen-bond donors (Lipinski definition) is 0. The number of amides is 2. The maximum absolute atomic E-state index is 12.3. The van der Waals surface area contributed by atoms with Crippen molar-refractivity contribution in [2.75, 3.05) is 7.05 Å². The molecule has 0 aromatic carbocycles. The average Bonchev–Trinajstić information content (AvgIpc) is 2.75. The second-order valence-electron chi connectivity index (χ2n) is 5.18. The van der Waals surface area contributed by atoms with Gasteiger partial charge in [0, 0.05) is 25.0 Å². The average molecular weight is 271 g/mol. The van der Waals surface area contributed by atoms with Crippen molar-refractivity contribution >= 4 is 23.6 Å². The van der Waals surface area contributed by atoms with Crippen molar-refractivity contribution in [2.24, 2.45) is 15.5 Å². The number of guanidine groups is 1. The molecule has 1 aromatic heterocycles. The summed E-state index contributed by atoms with van der Waals surface area (Å²) >= 11 is 0. The molecule has 20 heavy (non-hydrogen) atoms. The van der Waals surface area contributed by atoms with Crippen LogP contribution in [0.3, 0.4) is 0 Å². The van der Waals surface area contributed by atoms with Gasteiger partial charge >= 0.3 is 0 Å². The van der Waals surface area contributed by atoms with E-state index in [1.54, 1.807) is 50.3 Å². The summed E-state index contributed by atoms with van der Waals surface area (Å²) < 4.78 is 0. The predicted octanol–water partition coefficient (Wildman–Crippen LogP) is 0.440. The summed E-state index contributed by atoms with van der Waals surface area (Å²) in [4.78, 5) is 33.8. The fraction of sp³-hybridized carbons (Fsp3) is 0.308. The summed E-state index contributed by atoms with van der Waals surface area (Å²) in [6, 6.07) is 3.57. The first-order valence-electron chi connectivity index (χ1n) is 6.13. The highest BCUT2D eigenvalue weighted by Crippen LogP contribution is 2.29. The van der Waals surface area contributed by atoms with E-state index in [-0.39, 0.29) is 11.9 Å². The Balaban J connectivity index is 2.09. The van der Waals surface area contributed by atoms with Gasteiger partial charge in [0.1, 0.15) is 5.41 Å². The number of carbonyl (C=O) groups is 2. The lowest BCUT2D eigenvalue weighted by Crippen LogP contribution is -2.51. The molecule has 7 heteroatoms. The first-order chi connectivity index (χ1) is 9.43. The van der Waals surface area contributed by atoms with Crippen molar-refractivity contribution in [2.45, 2.75) is 13.8 Å². The molecule has 0 radical (unpaired) electrons. The van der Waals surface area contributed by atoms with Crippen molar-refractivity contribution in [3.05, 3.63) is 30.1 Å². The topological polar surface area (TPSA) is 78.2 Å². The van der Waals surface area contributed by atoms with Crippen LogP contribution >= 0.6 is 0 Å². The third kappa shape index (κ3) is 1.56. The normalized spacial score (nSPS) is 20.8. The van der Waals surface area contributed by atoms with E-state index in [1.807, 2.05) is 0 Å². The van der Waals surface area contributed by atoms with Gasteiger partial charge in [0.25, 0.3) is 11.8 Å². The van der Waals surface area contributed by atoms with Crippen LogP contribution in [0.2, 0.25) is 0 Å². The molecule has 1 aromatic rings.